The van der Waals surface area contributed by atoms with Crippen LogP contribution in [0.1, 0.15) is 11.4 Å². The molecule has 0 saturated carbocycles. The van der Waals surface area contributed by atoms with Gasteiger partial charge in [0, 0.05) is 16.0 Å². The first-order chi connectivity index (χ1) is 11.1. The van der Waals surface area contributed by atoms with Crippen LogP contribution in [-0.2, 0) is 0 Å². The first-order valence-corrected chi connectivity index (χ1v) is 7.82. The number of nitrogens with zero attached hydrogens (tertiary/aromatic N) is 4. The highest BCUT2D eigenvalue weighted by Crippen LogP contribution is 2.24. The maximum Gasteiger partial charge on any atom is 0.274 e. The summed E-state index contributed by atoms with van der Waals surface area (Å²) in [5, 5.41) is 14.9. The van der Waals surface area contributed by atoms with Gasteiger partial charge in [-0.15, -0.1) is 21.5 Å². The number of thiazole rings is 1. The quantitative estimate of drug-likeness (QED) is 0.559. The normalized spacial score (nSPS) is 11.0. The maximum absolute atomic E-state index is 11.4. The van der Waals surface area contributed by atoms with Crippen LogP contribution < -0.4 is 11.0 Å². The number of anilines is 1. The molecule has 0 spiro atoms. The lowest BCUT2D eigenvalue weighted by Crippen LogP contribution is -2.15. The number of benzene rings is 1. The van der Waals surface area contributed by atoms with Gasteiger partial charge in [-0.1, -0.05) is 23.7 Å². The Bertz CT molecular complexity index is 902. The molecule has 0 bridgehead atoms. The van der Waals surface area contributed by atoms with Crippen molar-refractivity contribution >= 4 is 35.1 Å². The third-order valence-corrected chi connectivity index (χ3v) is 4.00. The van der Waals surface area contributed by atoms with E-state index < -0.39 is 0 Å². The minimum Gasteiger partial charge on any atom is -0.288 e. The number of rotatable bonds is 4. The van der Waals surface area contributed by atoms with Crippen molar-refractivity contribution in [2.45, 2.75) is 6.92 Å². The second-order valence-corrected chi connectivity index (χ2v) is 5.84. The molecule has 0 atom stereocenters. The van der Waals surface area contributed by atoms with E-state index in [4.69, 9.17) is 11.6 Å². The first-order valence-electron chi connectivity index (χ1n) is 6.56. The fourth-order valence-corrected chi connectivity index (χ4v) is 2.58. The number of hydrogen-bond donors (Lipinski definition) is 2. The molecule has 3 rings (SSSR count). The van der Waals surface area contributed by atoms with Crippen molar-refractivity contribution in [3.05, 3.63) is 56.4 Å². The fraction of sp³-hybridized carbons (Fsp3) is 0.0714. The number of H-pyrrole nitrogens is 1. The van der Waals surface area contributed by atoms with E-state index in [1.165, 1.54) is 17.6 Å². The summed E-state index contributed by atoms with van der Waals surface area (Å²) in [4.78, 5) is 18.4. The van der Waals surface area contributed by atoms with Crippen molar-refractivity contribution in [1.82, 2.24) is 20.2 Å². The summed E-state index contributed by atoms with van der Waals surface area (Å²) < 4.78 is 0. The molecule has 0 amide bonds. The van der Waals surface area contributed by atoms with Gasteiger partial charge in [0.05, 0.1) is 11.9 Å². The van der Waals surface area contributed by atoms with Gasteiger partial charge in [-0.3, -0.25) is 9.78 Å². The Kier molecular flexibility index (Phi) is 4.45. The average Bonchev–Trinajstić information content (AvgIpc) is 3.00. The van der Waals surface area contributed by atoms with Crippen LogP contribution >= 0.6 is 22.9 Å². The van der Waals surface area contributed by atoms with E-state index in [0.29, 0.717) is 16.4 Å². The first kappa shape index (κ1) is 15.3. The van der Waals surface area contributed by atoms with Crippen LogP contribution in [0.3, 0.4) is 0 Å². The van der Waals surface area contributed by atoms with E-state index in [9.17, 15) is 4.79 Å². The number of hydrogen-bond acceptors (Lipinski definition) is 7. The summed E-state index contributed by atoms with van der Waals surface area (Å²) in [6, 6.07) is 7.46. The van der Waals surface area contributed by atoms with E-state index in [0.717, 1.165) is 10.6 Å². The van der Waals surface area contributed by atoms with Crippen molar-refractivity contribution in [1.29, 1.82) is 0 Å². The van der Waals surface area contributed by atoms with Gasteiger partial charge < -0.3 is 0 Å². The van der Waals surface area contributed by atoms with Crippen LogP contribution in [0.2, 0.25) is 5.02 Å². The van der Waals surface area contributed by atoms with E-state index >= 15 is 0 Å². The Labute approximate surface area is 140 Å². The van der Waals surface area contributed by atoms with E-state index in [1.807, 2.05) is 29.6 Å². The van der Waals surface area contributed by atoms with Gasteiger partial charge in [0.2, 0.25) is 5.95 Å². The highest BCUT2D eigenvalue weighted by molar-refractivity contribution is 7.13. The van der Waals surface area contributed by atoms with Gasteiger partial charge >= 0.3 is 0 Å². The number of aryl methyl sites for hydroxylation is 1. The summed E-state index contributed by atoms with van der Waals surface area (Å²) in [5.41, 5.74) is 4.27. The second-order valence-electron chi connectivity index (χ2n) is 4.54. The smallest absolute Gasteiger partial charge is 0.274 e. The molecular formula is C14H11ClN6OS. The lowest BCUT2D eigenvalue weighted by Gasteiger charge is -1.97. The van der Waals surface area contributed by atoms with Crippen molar-refractivity contribution < 1.29 is 0 Å². The zero-order valence-electron chi connectivity index (χ0n) is 11.9. The predicted molar refractivity (Wildman–Crippen MR) is 91.2 cm³/mol. The molecule has 23 heavy (non-hydrogen) atoms. The van der Waals surface area contributed by atoms with Gasteiger partial charge in [-0.25, -0.2) is 10.4 Å². The van der Waals surface area contributed by atoms with Gasteiger partial charge in [0.15, 0.2) is 0 Å². The molecule has 3 aromatic rings. The van der Waals surface area contributed by atoms with Crippen LogP contribution in [-0.4, -0.2) is 26.4 Å². The third kappa shape index (κ3) is 3.79. The Hall–Kier alpha value is -2.58. The highest BCUT2D eigenvalue weighted by Gasteiger charge is 2.03. The highest BCUT2D eigenvalue weighted by atomic mass is 35.5. The Balaban J connectivity index is 1.69. The lowest BCUT2D eigenvalue weighted by atomic mass is 10.2. The summed E-state index contributed by atoms with van der Waals surface area (Å²) in [7, 11) is 0. The molecule has 0 radical (unpaired) electrons. The minimum absolute atomic E-state index is 0.171. The molecule has 0 aliphatic rings. The molecule has 0 fully saturated rings. The van der Waals surface area contributed by atoms with E-state index in [1.54, 1.807) is 6.92 Å². The zero-order valence-corrected chi connectivity index (χ0v) is 13.5. The molecule has 0 unspecified atom stereocenters. The molecule has 116 valence electrons. The van der Waals surface area contributed by atoms with Crippen molar-refractivity contribution in [2.24, 2.45) is 5.10 Å². The zero-order chi connectivity index (χ0) is 16.2. The van der Waals surface area contributed by atoms with Crippen LogP contribution in [0.25, 0.3) is 10.6 Å². The lowest BCUT2D eigenvalue weighted by molar-refractivity contribution is 0.897. The summed E-state index contributed by atoms with van der Waals surface area (Å²) in [6.45, 7) is 1.58. The SMILES string of the molecule is Cc1nnc(N/N=C\c2csc(-c3ccc(Cl)cc3)n2)[nH]c1=O. The Morgan fingerprint density at radius 1 is 1.30 bits per heavy atom. The van der Waals surface area contributed by atoms with Gasteiger partial charge in [0.1, 0.15) is 10.7 Å². The predicted octanol–water partition coefficient (Wildman–Crippen LogP) is 2.70. The minimum atomic E-state index is -0.309. The molecule has 0 saturated heterocycles. The summed E-state index contributed by atoms with van der Waals surface area (Å²) in [5.74, 6) is 0.171. The van der Waals surface area contributed by atoms with Gasteiger partial charge in [-0.05, 0) is 19.1 Å². The van der Waals surface area contributed by atoms with Crippen LogP contribution in [0.15, 0.2) is 39.5 Å². The monoisotopic (exact) mass is 346 g/mol. The molecule has 7 nitrogen and oxygen atoms in total. The Morgan fingerprint density at radius 2 is 2.09 bits per heavy atom. The third-order valence-electron chi connectivity index (χ3n) is 2.84. The topological polar surface area (TPSA) is 95.9 Å². The number of halogens is 1. The number of nitrogens with one attached hydrogen (secondary N) is 2. The fourth-order valence-electron chi connectivity index (χ4n) is 1.67. The number of aromatic nitrogens is 4. The number of hydrazone groups is 1. The molecule has 9 heteroatoms. The van der Waals surface area contributed by atoms with Crippen LogP contribution in [0, 0.1) is 6.92 Å². The van der Waals surface area contributed by atoms with Gasteiger partial charge in [0.25, 0.3) is 5.56 Å². The van der Waals surface area contributed by atoms with Crippen molar-refractivity contribution in [3.63, 3.8) is 0 Å². The second kappa shape index (κ2) is 6.67. The molecular weight excluding hydrogens is 336 g/mol. The van der Waals surface area contributed by atoms with Gasteiger partial charge in [-0.2, -0.15) is 5.10 Å². The molecule has 0 aliphatic carbocycles. The summed E-state index contributed by atoms with van der Waals surface area (Å²) >= 11 is 7.37. The van der Waals surface area contributed by atoms with E-state index in [-0.39, 0.29) is 11.5 Å². The molecule has 2 aromatic heterocycles. The van der Waals surface area contributed by atoms with Crippen molar-refractivity contribution in [3.8, 4) is 10.6 Å². The van der Waals surface area contributed by atoms with Crippen molar-refractivity contribution in [2.75, 3.05) is 5.43 Å². The van der Waals surface area contributed by atoms with Crippen LogP contribution in [0.5, 0.6) is 0 Å². The standard InChI is InChI=1S/C14H11ClN6OS/c1-8-12(22)18-14(21-19-8)20-16-6-11-7-23-13(17-11)9-2-4-10(15)5-3-9/h2-7H,1H3,(H2,18,20,21,22)/b16-6-. The largest absolute Gasteiger partial charge is 0.288 e. The number of aromatic amines is 1. The molecule has 0 aliphatic heterocycles. The van der Waals surface area contributed by atoms with Crippen LogP contribution in [0.4, 0.5) is 5.95 Å². The van der Waals surface area contributed by atoms with E-state index in [2.05, 4.69) is 30.7 Å². The molecule has 1 aromatic carbocycles. The average molecular weight is 347 g/mol. The molecule has 2 N–H and O–H groups in total. The molecule has 2 heterocycles. The Morgan fingerprint density at radius 3 is 2.83 bits per heavy atom. The summed E-state index contributed by atoms with van der Waals surface area (Å²) in [6.07, 6.45) is 1.54. The maximum atomic E-state index is 11.4.